The zero-order chi connectivity index (χ0) is 11.6. The number of methoxy groups -OCH3 is 1. The Morgan fingerprint density at radius 3 is 2.60 bits per heavy atom. The molecule has 0 bridgehead atoms. The smallest absolute Gasteiger partial charge is 0.138 e. The van der Waals surface area contributed by atoms with E-state index in [4.69, 9.17) is 10.5 Å². The molecule has 15 heavy (non-hydrogen) atoms. The molecule has 0 spiro atoms. The van der Waals surface area contributed by atoms with Crippen molar-refractivity contribution < 1.29 is 14.2 Å². The van der Waals surface area contributed by atoms with E-state index in [9.17, 15) is 9.50 Å². The fourth-order valence-corrected chi connectivity index (χ4v) is 1.56. The lowest BCUT2D eigenvalue weighted by atomic mass is 10.0. The van der Waals surface area contributed by atoms with Gasteiger partial charge in [0.25, 0.3) is 0 Å². The highest BCUT2D eigenvalue weighted by Crippen LogP contribution is 2.31. The summed E-state index contributed by atoms with van der Waals surface area (Å²) in [6.45, 7) is 1.64. The zero-order valence-corrected chi connectivity index (χ0v) is 10.1. The third-order valence-corrected chi connectivity index (χ3v) is 2.70. The molecule has 84 valence electrons. The van der Waals surface area contributed by atoms with Gasteiger partial charge in [-0.2, -0.15) is 0 Å². The summed E-state index contributed by atoms with van der Waals surface area (Å²) < 4.78 is 18.6. The van der Waals surface area contributed by atoms with Crippen molar-refractivity contribution in [2.45, 2.75) is 19.1 Å². The minimum atomic E-state index is -0.942. The van der Waals surface area contributed by atoms with Gasteiger partial charge in [0, 0.05) is 11.6 Å². The average Bonchev–Trinajstić information content (AvgIpc) is 2.20. The summed E-state index contributed by atoms with van der Waals surface area (Å²) in [5.41, 5.74) is 5.89. The number of aliphatic hydroxyl groups excluding tert-OH is 1. The molecule has 0 aliphatic rings. The van der Waals surface area contributed by atoms with E-state index >= 15 is 0 Å². The first-order valence-corrected chi connectivity index (χ1v) is 5.23. The van der Waals surface area contributed by atoms with Crippen LogP contribution in [0.15, 0.2) is 16.6 Å². The third-order valence-electron chi connectivity index (χ3n) is 2.09. The fourth-order valence-electron chi connectivity index (χ4n) is 1.24. The second-order valence-corrected chi connectivity index (χ2v) is 4.17. The summed E-state index contributed by atoms with van der Waals surface area (Å²) in [5.74, 6) is -0.0430. The first-order chi connectivity index (χ1) is 6.97. The lowest BCUT2D eigenvalue weighted by Gasteiger charge is -2.18. The quantitative estimate of drug-likeness (QED) is 0.888. The van der Waals surface area contributed by atoms with E-state index in [0.717, 1.165) is 0 Å². The van der Waals surface area contributed by atoms with Crippen LogP contribution in [0.2, 0.25) is 0 Å². The van der Waals surface area contributed by atoms with Crippen molar-refractivity contribution in [1.82, 2.24) is 0 Å². The number of rotatable bonds is 3. The van der Waals surface area contributed by atoms with Crippen molar-refractivity contribution in [3.63, 3.8) is 0 Å². The third kappa shape index (κ3) is 2.68. The van der Waals surface area contributed by atoms with Gasteiger partial charge in [-0.1, -0.05) is 0 Å². The Hall–Kier alpha value is -0.650. The van der Waals surface area contributed by atoms with E-state index in [0.29, 0.717) is 15.8 Å². The van der Waals surface area contributed by atoms with Gasteiger partial charge in [0.1, 0.15) is 11.6 Å². The molecule has 0 aromatic heterocycles. The Morgan fingerprint density at radius 1 is 1.53 bits per heavy atom. The van der Waals surface area contributed by atoms with Gasteiger partial charge in [-0.15, -0.1) is 0 Å². The summed E-state index contributed by atoms with van der Waals surface area (Å²) in [6.07, 6.45) is -0.942. The highest BCUT2D eigenvalue weighted by atomic mass is 79.9. The number of hydrogen-bond donors (Lipinski definition) is 2. The lowest BCUT2D eigenvalue weighted by molar-refractivity contribution is 0.149. The molecule has 3 nitrogen and oxygen atoms in total. The standard InChI is InChI=1S/C10H13BrFNO2/c1-5(13)10(14)6-3-8(12)7(11)4-9(6)15-2/h3-5,10,14H,13H2,1-2H3. The molecule has 1 aromatic rings. The summed E-state index contributed by atoms with van der Waals surface area (Å²) in [7, 11) is 1.46. The summed E-state index contributed by atoms with van der Waals surface area (Å²) >= 11 is 3.04. The van der Waals surface area contributed by atoms with Crippen molar-refractivity contribution in [3.8, 4) is 5.75 Å². The van der Waals surface area contributed by atoms with Crippen LogP contribution in [0, 0.1) is 5.82 Å². The minimum absolute atomic E-state index is 0.292. The van der Waals surface area contributed by atoms with Crippen molar-refractivity contribution in [2.75, 3.05) is 7.11 Å². The molecule has 1 aromatic carbocycles. The van der Waals surface area contributed by atoms with Gasteiger partial charge in [-0.3, -0.25) is 0 Å². The lowest BCUT2D eigenvalue weighted by Crippen LogP contribution is -2.24. The van der Waals surface area contributed by atoms with Crippen LogP contribution in [-0.2, 0) is 0 Å². The molecule has 0 amide bonds. The molecule has 1 rings (SSSR count). The number of nitrogens with two attached hydrogens (primary N) is 1. The zero-order valence-electron chi connectivity index (χ0n) is 8.50. The molecule has 2 atom stereocenters. The fraction of sp³-hybridized carbons (Fsp3) is 0.400. The second-order valence-electron chi connectivity index (χ2n) is 3.31. The molecular weight excluding hydrogens is 265 g/mol. The summed E-state index contributed by atoms with van der Waals surface area (Å²) in [5, 5.41) is 9.74. The number of ether oxygens (including phenoxy) is 1. The Labute approximate surface area is 96.2 Å². The van der Waals surface area contributed by atoms with Crippen molar-refractivity contribution in [3.05, 3.63) is 28.0 Å². The van der Waals surface area contributed by atoms with Gasteiger partial charge < -0.3 is 15.6 Å². The highest BCUT2D eigenvalue weighted by molar-refractivity contribution is 9.10. The largest absolute Gasteiger partial charge is 0.496 e. The minimum Gasteiger partial charge on any atom is -0.496 e. The van der Waals surface area contributed by atoms with Crippen molar-refractivity contribution >= 4 is 15.9 Å². The van der Waals surface area contributed by atoms with Gasteiger partial charge in [-0.25, -0.2) is 4.39 Å². The topological polar surface area (TPSA) is 55.5 Å². The van der Waals surface area contributed by atoms with Gasteiger partial charge in [-0.05, 0) is 35.0 Å². The molecule has 0 radical (unpaired) electrons. The van der Waals surface area contributed by atoms with Crippen LogP contribution in [0.25, 0.3) is 0 Å². The Bertz CT molecular complexity index is 358. The number of aliphatic hydroxyl groups is 1. The first kappa shape index (κ1) is 12.4. The number of hydrogen-bond acceptors (Lipinski definition) is 3. The predicted molar refractivity (Wildman–Crippen MR) is 59.3 cm³/mol. The second kappa shape index (κ2) is 4.92. The molecule has 2 unspecified atom stereocenters. The van der Waals surface area contributed by atoms with Crippen LogP contribution in [0.1, 0.15) is 18.6 Å². The SMILES string of the molecule is COc1cc(Br)c(F)cc1C(O)C(C)N. The number of benzene rings is 1. The van der Waals surface area contributed by atoms with E-state index in [-0.39, 0.29) is 0 Å². The van der Waals surface area contributed by atoms with E-state index in [1.807, 2.05) is 0 Å². The van der Waals surface area contributed by atoms with Crippen LogP contribution >= 0.6 is 15.9 Å². The maximum atomic E-state index is 13.3. The highest BCUT2D eigenvalue weighted by Gasteiger charge is 2.19. The Kier molecular flexibility index (Phi) is 4.07. The molecule has 0 aliphatic heterocycles. The molecule has 0 heterocycles. The first-order valence-electron chi connectivity index (χ1n) is 4.44. The van der Waals surface area contributed by atoms with Crippen LogP contribution in [0.4, 0.5) is 4.39 Å². The number of halogens is 2. The molecule has 0 fully saturated rings. The molecule has 5 heteroatoms. The molecular formula is C10H13BrFNO2. The summed E-state index contributed by atoms with van der Waals surface area (Å²) in [4.78, 5) is 0. The van der Waals surface area contributed by atoms with Crippen molar-refractivity contribution in [1.29, 1.82) is 0 Å². The normalized spacial score (nSPS) is 14.8. The van der Waals surface area contributed by atoms with Crippen LogP contribution in [0.3, 0.4) is 0 Å². The average molecular weight is 278 g/mol. The predicted octanol–water partition coefficient (Wildman–Crippen LogP) is 1.98. The van der Waals surface area contributed by atoms with E-state index < -0.39 is 18.0 Å². The van der Waals surface area contributed by atoms with Gasteiger partial charge in [0.05, 0.1) is 17.7 Å². The molecule has 0 saturated carbocycles. The van der Waals surface area contributed by atoms with E-state index in [1.54, 1.807) is 6.92 Å². The maximum Gasteiger partial charge on any atom is 0.138 e. The maximum absolute atomic E-state index is 13.3. The monoisotopic (exact) mass is 277 g/mol. The van der Waals surface area contributed by atoms with Crippen molar-refractivity contribution in [2.24, 2.45) is 5.73 Å². The summed E-state index contributed by atoms with van der Waals surface area (Å²) in [6, 6.07) is 2.20. The van der Waals surface area contributed by atoms with Gasteiger partial charge in [0.2, 0.25) is 0 Å². The van der Waals surface area contributed by atoms with Crippen LogP contribution < -0.4 is 10.5 Å². The molecule has 0 saturated heterocycles. The van der Waals surface area contributed by atoms with E-state index in [1.165, 1.54) is 19.2 Å². The van der Waals surface area contributed by atoms with Gasteiger partial charge >= 0.3 is 0 Å². The van der Waals surface area contributed by atoms with E-state index in [2.05, 4.69) is 15.9 Å². The molecule has 0 aliphatic carbocycles. The van der Waals surface area contributed by atoms with Crippen LogP contribution in [-0.4, -0.2) is 18.3 Å². The Balaban J connectivity index is 3.21. The van der Waals surface area contributed by atoms with Gasteiger partial charge in [0.15, 0.2) is 0 Å². The van der Waals surface area contributed by atoms with Crippen LogP contribution in [0.5, 0.6) is 5.75 Å². The molecule has 3 N–H and O–H groups in total. The Morgan fingerprint density at radius 2 is 2.13 bits per heavy atom.